The van der Waals surface area contributed by atoms with Crippen LogP contribution in [0.15, 0.2) is 54.9 Å². The summed E-state index contributed by atoms with van der Waals surface area (Å²) in [6, 6.07) is 12.7. The Kier molecular flexibility index (Phi) is 4.29. The van der Waals surface area contributed by atoms with Crippen LogP contribution < -0.4 is 21.5 Å². The summed E-state index contributed by atoms with van der Waals surface area (Å²) < 4.78 is 1.95. The highest BCUT2D eigenvalue weighted by Crippen LogP contribution is 2.21. The first-order valence-electron chi connectivity index (χ1n) is 6.16. The number of hydrogen-bond acceptors (Lipinski definition) is 2. The Morgan fingerprint density at radius 2 is 1.40 bits per heavy atom. The summed E-state index contributed by atoms with van der Waals surface area (Å²) in [7, 11) is 0. The fraction of sp³-hybridized carbons (Fsp3) is 0.133. The molecule has 102 valence electrons. The molecule has 1 aliphatic rings. The molecule has 20 heavy (non-hydrogen) atoms. The van der Waals surface area contributed by atoms with E-state index in [2.05, 4.69) is 0 Å². The van der Waals surface area contributed by atoms with Crippen LogP contribution in [0, 0.1) is 0 Å². The number of amides is 2. The number of imide groups is 1. The van der Waals surface area contributed by atoms with Crippen LogP contribution in [0.5, 0.6) is 0 Å². The van der Waals surface area contributed by atoms with Crippen molar-refractivity contribution in [2.24, 2.45) is 0 Å². The second kappa shape index (κ2) is 5.96. The van der Waals surface area contributed by atoms with Crippen molar-refractivity contribution in [3.63, 3.8) is 0 Å². The van der Waals surface area contributed by atoms with E-state index in [0.717, 1.165) is 0 Å². The smallest absolute Gasteiger partial charge is 0.261 e. The molecule has 0 aliphatic carbocycles. The number of fused-ring (bicyclic) bond motifs is 1. The zero-order chi connectivity index (χ0) is 13.2. The normalized spacial score (nSPS) is 13.1. The third-order valence-electron chi connectivity index (χ3n) is 3.24. The first-order chi connectivity index (χ1) is 9.27. The minimum Gasteiger partial charge on any atom is -1.00 e. The number of halogens is 1. The number of carbonyl (C=O) groups excluding carboxylic acids is 2. The molecule has 0 N–H and O–H groups in total. The molecule has 5 heteroatoms. The van der Waals surface area contributed by atoms with Gasteiger partial charge in [0.15, 0.2) is 18.9 Å². The van der Waals surface area contributed by atoms with Gasteiger partial charge in [0.05, 0.1) is 17.7 Å². The maximum atomic E-state index is 12.1. The Bertz CT molecular complexity index is 608. The third kappa shape index (κ3) is 2.49. The van der Waals surface area contributed by atoms with Gasteiger partial charge in [0.1, 0.15) is 0 Å². The second-order valence-electron chi connectivity index (χ2n) is 4.42. The lowest BCUT2D eigenvalue weighted by molar-refractivity contribution is -0.695. The molecule has 0 radical (unpaired) electrons. The molecule has 1 aromatic carbocycles. The van der Waals surface area contributed by atoms with Crippen LogP contribution in [-0.4, -0.2) is 23.3 Å². The third-order valence-corrected chi connectivity index (χ3v) is 3.24. The largest absolute Gasteiger partial charge is 1.00 e. The average Bonchev–Trinajstić information content (AvgIpc) is 2.71. The first-order valence-corrected chi connectivity index (χ1v) is 6.16. The van der Waals surface area contributed by atoms with E-state index in [1.54, 1.807) is 24.3 Å². The molecule has 2 aromatic rings. The fourth-order valence-corrected chi connectivity index (χ4v) is 2.24. The van der Waals surface area contributed by atoms with Gasteiger partial charge >= 0.3 is 0 Å². The van der Waals surface area contributed by atoms with Crippen LogP contribution in [0.25, 0.3) is 0 Å². The maximum absolute atomic E-state index is 12.1. The van der Waals surface area contributed by atoms with Gasteiger partial charge in [-0.2, -0.15) is 0 Å². The summed E-state index contributed by atoms with van der Waals surface area (Å²) >= 11 is 0. The first kappa shape index (κ1) is 14.4. The lowest BCUT2D eigenvalue weighted by atomic mass is 10.1. The van der Waals surface area contributed by atoms with Crippen LogP contribution in [0.1, 0.15) is 20.7 Å². The predicted octanol–water partition coefficient (Wildman–Crippen LogP) is -1.73. The summed E-state index contributed by atoms with van der Waals surface area (Å²) in [6.45, 7) is 0.993. The van der Waals surface area contributed by atoms with Crippen molar-refractivity contribution in [2.45, 2.75) is 6.54 Å². The second-order valence-corrected chi connectivity index (χ2v) is 4.42. The highest BCUT2D eigenvalue weighted by molar-refractivity contribution is 6.21. The van der Waals surface area contributed by atoms with E-state index in [9.17, 15) is 9.59 Å². The topological polar surface area (TPSA) is 41.3 Å². The van der Waals surface area contributed by atoms with Crippen molar-refractivity contribution in [1.82, 2.24) is 4.90 Å². The molecule has 0 bridgehead atoms. The number of rotatable bonds is 3. The Morgan fingerprint density at radius 3 is 1.95 bits per heavy atom. The van der Waals surface area contributed by atoms with E-state index in [-0.39, 0.29) is 28.8 Å². The van der Waals surface area contributed by atoms with Gasteiger partial charge in [0.2, 0.25) is 0 Å². The zero-order valence-corrected chi connectivity index (χ0v) is 12.3. The molecular weight excluding hydrogens is 320 g/mol. The van der Waals surface area contributed by atoms with Crippen LogP contribution in [0.2, 0.25) is 0 Å². The van der Waals surface area contributed by atoms with Crippen molar-refractivity contribution in [3.8, 4) is 0 Å². The molecular formula is C15H13BrN2O2. The van der Waals surface area contributed by atoms with Gasteiger partial charge in [0, 0.05) is 12.1 Å². The summed E-state index contributed by atoms with van der Waals surface area (Å²) in [6.07, 6.45) is 3.83. The highest BCUT2D eigenvalue weighted by atomic mass is 79.9. The summed E-state index contributed by atoms with van der Waals surface area (Å²) in [5.41, 5.74) is 1.01. The van der Waals surface area contributed by atoms with Gasteiger partial charge in [-0.25, -0.2) is 4.57 Å². The zero-order valence-electron chi connectivity index (χ0n) is 10.7. The van der Waals surface area contributed by atoms with E-state index in [4.69, 9.17) is 0 Å². The van der Waals surface area contributed by atoms with Gasteiger partial charge in [0.25, 0.3) is 11.8 Å². The van der Waals surface area contributed by atoms with Crippen LogP contribution in [-0.2, 0) is 6.54 Å². The monoisotopic (exact) mass is 332 g/mol. The van der Waals surface area contributed by atoms with Crippen molar-refractivity contribution < 1.29 is 31.1 Å². The van der Waals surface area contributed by atoms with Gasteiger partial charge in [-0.3, -0.25) is 14.5 Å². The highest BCUT2D eigenvalue weighted by Gasteiger charge is 2.35. The molecule has 0 fully saturated rings. The molecule has 0 saturated carbocycles. The van der Waals surface area contributed by atoms with Crippen LogP contribution >= 0.6 is 0 Å². The number of benzene rings is 1. The SMILES string of the molecule is O=C1c2ccccc2C(=O)N1CC[n+]1ccccc1.[Br-]. The molecule has 4 nitrogen and oxygen atoms in total. The number of hydrogen-bond donors (Lipinski definition) is 0. The average molecular weight is 333 g/mol. The minimum atomic E-state index is -0.197. The van der Waals surface area contributed by atoms with E-state index >= 15 is 0 Å². The van der Waals surface area contributed by atoms with Gasteiger partial charge in [-0.1, -0.05) is 18.2 Å². The van der Waals surface area contributed by atoms with Gasteiger partial charge < -0.3 is 17.0 Å². The summed E-state index contributed by atoms with van der Waals surface area (Å²) in [4.78, 5) is 25.6. The standard InChI is InChI=1S/C15H13N2O2.BrH/c18-14-12-6-2-3-7-13(12)15(19)17(14)11-10-16-8-4-1-5-9-16;/h1-9H,10-11H2;1H/q+1;/p-1. The van der Waals surface area contributed by atoms with Crippen LogP contribution in [0.3, 0.4) is 0 Å². The molecule has 1 aromatic heterocycles. The van der Waals surface area contributed by atoms with Crippen molar-refractivity contribution in [2.75, 3.05) is 6.54 Å². The molecule has 0 saturated heterocycles. The molecule has 2 heterocycles. The Labute approximate surface area is 127 Å². The van der Waals surface area contributed by atoms with E-state index in [0.29, 0.717) is 24.2 Å². The molecule has 1 aliphatic heterocycles. The van der Waals surface area contributed by atoms with E-state index < -0.39 is 0 Å². The van der Waals surface area contributed by atoms with Crippen molar-refractivity contribution >= 4 is 11.8 Å². The predicted molar refractivity (Wildman–Crippen MR) is 68.4 cm³/mol. The Balaban J connectivity index is 0.00000147. The summed E-state index contributed by atoms with van der Waals surface area (Å²) in [5.74, 6) is -0.394. The Morgan fingerprint density at radius 1 is 0.850 bits per heavy atom. The lowest BCUT2D eigenvalue weighted by Gasteiger charge is -2.11. The van der Waals surface area contributed by atoms with Crippen LogP contribution in [0.4, 0.5) is 0 Å². The van der Waals surface area contributed by atoms with Crippen molar-refractivity contribution in [3.05, 3.63) is 66.0 Å². The van der Waals surface area contributed by atoms with Gasteiger partial charge in [-0.15, -0.1) is 0 Å². The molecule has 0 atom stereocenters. The quantitative estimate of drug-likeness (QED) is 0.495. The number of pyridine rings is 1. The summed E-state index contributed by atoms with van der Waals surface area (Å²) in [5, 5.41) is 0. The number of carbonyl (C=O) groups is 2. The van der Waals surface area contributed by atoms with Gasteiger partial charge in [-0.05, 0) is 12.1 Å². The lowest BCUT2D eigenvalue weighted by Crippen LogP contribution is -3.00. The Hall–Kier alpha value is -2.01. The molecule has 3 rings (SSSR count). The maximum Gasteiger partial charge on any atom is 0.261 e. The minimum absolute atomic E-state index is 0. The van der Waals surface area contributed by atoms with E-state index in [1.807, 2.05) is 35.2 Å². The molecule has 2 amide bonds. The number of aromatic nitrogens is 1. The van der Waals surface area contributed by atoms with E-state index in [1.165, 1.54) is 4.90 Å². The van der Waals surface area contributed by atoms with Crippen molar-refractivity contribution in [1.29, 1.82) is 0 Å². The molecule has 0 unspecified atom stereocenters. The molecule has 0 spiro atoms. The number of nitrogens with zero attached hydrogens (tertiary/aromatic N) is 2. The fourth-order valence-electron chi connectivity index (χ4n) is 2.24.